The lowest BCUT2D eigenvalue weighted by atomic mass is 10.1. The van der Waals surface area contributed by atoms with Gasteiger partial charge in [0.05, 0.1) is 34.6 Å². The van der Waals surface area contributed by atoms with Crippen LogP contribution in [0.2, 0.25) is 5.02 Å². The minimum absolute atomic E-state index is 0.256. The Morgan fingerprint density at radius 1 is 1.00 bits per heavy atom. The molecule has 1 heterocycles. The number of carbonyl (C=O) groups excluding carboxylic acids is 2. The molecule has 0 aliphatic rings. The van der Waals surface area contributed by atoms with Gasteiger partial charge < -0.3 is 15.1 Å². The average molecular weight is 434 g/mol. The number of halogens is 2. The fourth-order valence-electron chi connectivity index (χ4n) is 2.33. The second-order valence-electron chi connectivity index (χ2n) is 5.39. The zero-order valence-electron chi connectivity index (χ0n) is 13.5. The zero-order chi connectivity index (χ0) is 18.5. The van der Waals surface area contributed by atoms with Gasteiger partial charge in [-0.25, -0.2) is 0 Å². The Morgan fingerprint density at radius 3 is 2.58 bits per heavy atom. The Morgan fingerprint density at radius 2 is 1.81 bits per heavy atom. The smallest absolute Gasteiger partial charge is 0.257 e. The lowest BCUT2D eigenvalue weighted by Crippen LogP contribution is -2.24. The van der Waals surface area contributed by atoms with E-state index in [1.165, 1.54) is 6.26 Å². The van der Waals surface area contributed by atoms with Crippen LogP contribution in [0.15, 0.2) is 69.8 Å². The second-order valence-corrected chi connectivity index (χ2v) is 6.71. The Labute approximate surface area is 163 Å². The Bertz CT molecular complexity index is 942. The van der Waals surface area contributed by atoms with Crippen molar-refractivity contribution in [3.8, 4) is 0 Å². The molecule has 0 fully saturated rings. The van der Waals surface area contributed by atoms with Gasteiger partial charge in [-0.2, -0.15) is 0 Å². The number of hydrogen-bond acceptors (Lipinski definition) is 3. The van der Waals surface area contributed by atoms with Gasteiger partial charge >= 0.3 is 0 Å². The normalized spacial score (nSPS) is 10.4. The van der Waals surface area contributed by atoms with Crippen molar-refractivity contribution in [3.05, 3.63) is 87.2 Å². The van der Waals surface area contributed by atoms with Crippen molar-refractivity contribution in [2.24, 2.45) is 0 Å². The van der Waals surface area contributed by atoms with E-state index < -0.39 is 5.91 Å². The molecular weight excluding hydrogens is 420 g/mol. The maximum atomic E-state index is 12.5. The lowest BCUT2D eigenvalue weighted by molar-refractivity contribution is 0.0949. The predicted octanol–water partition coefficient (Wildman–Crippen LogP) is 4.88. The molecule has 2 amide bonds. The summed E-state index contributed by atoms with van der Waals surface area (Å²) < 4.78 is 5.93. The average Bonchev–Trinajstić information content (AvgIpc) is 3.15. The summed E-state index contributed by atoms with van der Waals surface area (Å²) >= 11 is 9.41. The van der Waals surface area contributed by atoms with Crippen molar-refractivity contribution in [2.45, 2.75) is 6.54 Å². The Balaban J connectivity index is 1.77. The standard InChI is InChI=1S/C19H14BrClN2O3/c20-12-7-8-16(21)15(10-12)19(25)23-17-6-2-1-5-14(17)18(24)22-11-13-4-3-9-26-13/h1-10H,11H2,(H,22,24)(H,23,25). The number of benzene rings is 2. The fraction of sp³-hybridized carbons (Fsp3) is 0.0526. The van der Waals surface area contributed by atoms with Gasteiger partial charge in [0.2, 0.25) is 0 Å². The quantitative estimate of drug-likeness (QED) is 0.602. The molecule has 0 atom stereocenters. The molecule has 0 saturated heterocycles. The molecule has 0 aliphatic carbocycles. The second kappa shape index (κ2) is 8.21. The van der Waals surface area contributed by atoms with E-state index >= 15 is 0 Å². The van der Waals surface area contributed by atoms with Crippen LogP contribution in [0.1, 0.15) is 26.5 Å². The maximum absolute atomic E-state index is 12.5. The van der Waals surface area contributed by atoms with Crippen LogP contribution in [0.5, 0.6) is 0 Å². The summed E-state index contributed by atoms with van der Waals surface area (Å²) in [6.07, 6.45) is 1.54. The third-order valence-corrected chi connectivity index (χ3v) is 4.42. The molecule has 0 aliphatic heterocycles. The van der Waals surface area contributed by atoms with Crippen molar-refractivity contribution in [1.29, 1.82) is 0 Å². The highest BCUT2D eigenvalue weighted by molar-refractivity contribution is 9.10. The minimum atomic E-state index is -0.400. The van der Waals surface area contributed by atoms with Crippen LogP contribution in [-0.4, -0.2) is 11.8 Å². The van der Waals surface area contributed by atoms with E-state index in [4.69, 9.17) is 16.0 Å². The van der Waals surface area contributed by atoms with Crippen LogP contribution in [-0.2, 0) is 6.54 Å². The summed E-state index contributed by atoms with van der Waals surface area (Å²) in [6.45, 7) is 0.256. The van der Waals surface area contributed by atoms with Crippen LogP contribution < -0.4 is 10.6 Å². The lowest BCUT2D eigenvalue weighted by Gasteiger charge is -2.12. The van der Waals surface area contributed by atoms with Crippen molar-refractivity contribution >= 4 is 45.0 Å². The van der Waals surface area contributed by atoms with Crippen LogP contribution in [0.3, 0.4) is 0 Å². The number of anilines is 1. The third kappa shape index (κ3) is 4.33. The summed E-state index contributed by atoms with van der Waals surface area (Å²) in [7, 11) is 0. The molecule has 26 heavy (non-hydrogen) atoms. The Kier molecular flexibility index (Phi) is 5.75. The fourth-order valence-corrected chi connectivity index (χ4v) is 2.89. The van der Waals surface area contributed by atoms with Gasteiger partial charge in [-0.05, 0) is 42.5 Å². The molecule has 3 aromatic rings. The first kappa shape index (κ1) is 18.2. The van der Waals surface area contributed by atoms with Crippen LogP contribution in [0.4, 0.5) is 5.69 Å². The van der Waals surface area contributed by atoms with Crippen molar-refractivity contribution in [1.82, 2.24) is 5.32 Å². The van der Waals surface area contributed by atoms with Crippen LogP contribution in [0.25, 0.3) is 0 Å². The molecule has 0 bridgehead atoms. The van der Waals surface area contributed by atoms with E-state index in [-0.39, 0.29) is 12.5 Å². The van der Waals surface area contributed by atoms with E-state index in [1.807, 2.05) is 0 Å². The van der Waals surface area contributed by atoms with Crippen molar-refractivity contribution in [3.63, 3.8) is 0 Å². The number of nitrogens with one attached hydrogen (secondary N) is 2. The molecule has 2 aromatic carbocycles. The highest BCUT2D eigenvalue weighted by Crippen LogP contribution is 2.23. The highest BCUT2D eigenvalue weighted by Gasteiger charge is 2.16. The SMILES string of the molecule is O=C(Nc1ccccc1C(=O)NCc1ccco1)c1cc(Br)ccc1Cl. The summed E-state index contributed by atoms with van der Waals surface area (Å²) in [6, 6.07) is 15.3. The molecule has 3 rings (SSSR count). The van der Waals surface area contributed by atoms with Gasteiger partial charge in [-0.1, -0.05) is 39.7 Å². The molecule has 2 N–H and O–H groups in total. The first-order valence-corrected chi connectivity index (χ1v) is 8.87. The van der Waals surface area contributed by atoms with Crippen LogP contribution in [0, 0.1) is 0 Å². The molecule has 0 spiro atoms. The van der Waals surface area contributed by atoms with Gasteiger partial charge in [0, 0.05) is 4.47 Å². The topological polar surface area (TPSA) is 71.3 Å². The first-order valence-electron chi connectivity index (χ1n) is 7.70. The molecule has 0 saturated carbocycles. The molecular formula is C19H14BrClN2O3. The molecule has 1 aromatic heterocycles. The maximum Gasteiger partial charge on any atom is 0.257 e. The number of hydrogen-bond donors (Lipinski definition) is 2. The van der Waals surface area contributed by atoms with E-state index in [0.717, 1.165) is 4.47 Å². The first-order chi connectivity index (χ1) is 12.5. The number of rotatable bonds is 5. The number of para-hydroxylation sites is 1. The largest absolute Gasteiger partial charge is 0.467 e. The van der Waals surface area contributed by atoms with E-state index in [0.29, 0.717) is 27.6 Å². The monoisotopic (exact) mass is 432 g/mol. The van der Waals surface area contributed by atoms with E-state index in [2.05, 4.69) is 26.6 Å². The molecule has 7 heteroatoms. The summed E-state index contributed by atoms with van der Waals surface area (Å²) in [5.74, 6) is -0.0824. The van der Waals surface area contributed by atoms with Crippen LogP contribution >= 0.6 is 27.5 Å². The molecule has 0 unspecified atom stereocenters. The van der Waals surface area contributed by atoms with Gasteiger partial charge in [-0.3, -0.25) is 9.59 Å². The van der Waals surface area contributed by atoms with E-state index in [9.17, 15) is 9.59 Å². The summed E-state index contributed by atoms with van der Waals surface area (Å²) in [5.41, 5.74) is 1.05. The zero-order valence-corrected chi connectivity index (χ0v) is 15.8. The molecule has 0 radical (unpaired) electrons. The molecule has 5 nitrogen and oxygen atoms in total. The van der Waals surface area contributed by atoms with E-state index in [1.54, 1.807) is 54.6 Å². The highest BCUT2D eigenvalue weighted by atomic mass is 79.9. The van der Waals surface area contributed by atoms with Gasteiger partial charge in [-0.15, -0.1) is 0 Å². The summed E-state index contributed by atoms with van der Waals surface area (Å²) in [5, 5.41) is 5.82. The summed E-state index contributed by atoms with van der Waals surface area (Å²) in [4.78, 5) is 25.0. The predicted molar refractivity (Wildman–Crippen MR) is 103 cm³/mol. The van der Waals surface area contributed by atoms with Gasteiger partial charge in [0.15, 0.2) is 0 Å². The Hall–Kier alpha value is -2.57. The van der Waals surface area contributed by atoms with Crippen molar-refractivity contribution in [2.75, 3.05) is 5.32 Å². The number of carbonyl (C=O) groups is 2. The van der Waals surface area contributed by atoms with Crippen molar-refractivity contribution < 1.29 is 14.0 Å². The van der Waals surface area contributed by atoms with Gasteiger partial charge in [0.25, 0.3) is 11.8 Å². The number of amides is 2. The third-order valence-electron chi connectivity index (χ3n) is 3.60. The minimum Gasteiger partial charge on any atom is -0.467 e. The molecule has 132 valence electrons. The van der Waals surface area contributed by atoms with Gasteiger partial charge in [0.1, 0.15) is 5.76 Å². The number of furan rings is 1.